The first kappa shape index (κ1) is 17.6. The number of rotatable bonds is 3. The summed E-state index contributed by atoms with van der Waals surface area (Å²) in [7, 11) is 0. The van der Waals surface area contributed by atoms with Crippen LogP contribution in [0.15, 0.2) is 48.8 Å². The number of nitrogens with zero attached hydrogens (tertiary/aromatic N) is 4. The van der Waals surface area contributed by atoms with Crippen molar-refractivity contribution in [2.75, 3.05) is 19.7 Å². The maximum atomic E-state index is 12.6. The smallest absolute Gasteiger partial charge is 0.272 e. The van der Waals surface area contributed by atoms with Crippen LogP contribution in [-0.4, -0.2) is 57.2 Å². The lowest BCUT2D eigenvalue weighted by Crippen LogP contribution is -2.43. The molecule has 5 rings (SSSR count). The van der Waals surface area contributed by atoms with E-state index in [0.29, 0.717) is 24.0 Å². The highest BCUT2D eigenvalue weighted by molar-refractivity contribution is 6.30. The van der Waals surface area contributed by atoms with Gasteiger partial charge in [-0.05, 0) is 30.2 Å². The Balaban J connectivity index is 1.23. The number of carbonyl (C=O) groups is 1. The Kier molecular flexibility index (Phi) is 4.50. The summed E-state index contributed by atoms with van der Waals surface area (Å²) in [5, 5.41) is 8.14. The molecule has 0 radical (unpaired) electrons. The van der Waals surface area contributed by atoms with Crippen LogP contribution in [0.5, 0.6) is 0 Å². The van der Waals surface area contributed by atoms with Crippen molar-refractivity contribution in [2.24, 2.45) is 0 Å². The molecule has 0 spiro atoms. The Labute approximate surface area is 167 Å². The molecule has 2 saturated heterocycles. The molecule has 2 aliphatic heterocycles. The summed E-state index contributed by atoms with van der Waals surface area (Å²) >= 11 is 5.98. The van der Waals surface area contributed by atoms with Crippen molar-refractivity contribution in [3.63, 3.8) is 0 Å². The topological polar surface area (TPSA) is 71.8 Å². The maximum absolute atomic E-state index is 12.6. The van der Waals surface area contributed by atoms with E-state index in [4.69, 9.17) is 16.3 Å². The Morgan fingerprint density at radius 1 is 1.25 bits per heavy atom. The maximum Gasteiger partial charge on any atom is 0.272 e. The van der Waals surface area contributed by atoms with Crippen molar-refractivity contribution < 1.29 is 9.53 Å². The lowest BCUT2D eigenvalue weighted by atomic mass is 10.1. The minimum absolute atomic E-state index is 0.0347. The van der Waals surface area contributed by atoms with Gasteiger partial charge in [0, 0.05) is 48.7 Å². The van der Waals surface area contributed by atoms with Crippen LogP contribution >= 0.6 is 11.6 Å². The van der Waals surface area contributed by atoms with E-state index >= 15 is 0 Å². The lowest BCUT2D eigenvalue weighted by molar-refractivity contribution is -0.0502. The number of hydrogen-bond donors (Lipinski definition) is 1. The zero-order valence-corrected chi connectivity index (χ0v) is 15.9. The number of fused-ring (bicyclic) bond motifs is 2. The molecule has 8 heteroatoms. The highest BCUT2D eigenvalue weighted by Crippen LogP contribution is 2.30. The number of ether oxygens (including phenoxy) is 1. The molecule has 28 heavy (non-hydrogen) atoms. The third kappa shape index (κ3) is 3.37. The SMILES string of the molecule is O=C(N[C@@H]1C[C@H]2CO[C@@H](c3ccc(Cl)cc3)CN2C1)c1cc2ncccn2n1. The van der Waals surface area contributed by atoms with Crippen LogP contribution in [0.1, 0.15) is 28.6 Å². The molecule has 1 amide bonds. The Bertz CT molecular complexity index is 972. The van der Waals surface area contributed by atoms with Crippen molar-refractivity contribution in [1.29, 1.82) is 0 Å². The Hall–Kier alpha value is -2.48. The summed E-state index contributed by atoms with van der Waals surface area (Å²) in [6.45, 7) is 2.30. The van der Waals surface area contributed by atoms with Crippen molar-refractivity contribution >= 4 is 23.2 Å². The molecular formula is C20H20ClN5O2. The highest BCUT2D eigenvalue weighted by atomic mass is 35.5. The van der Waals surface area contributed by atoms with E-state index in [1.54, 1.807) is 29.0 Å². The number of nitrogens with one attached hydrogen (secondary N) is 1. The van der Waals surface area contributed by atoms with Gasteiger partial charge >= 0.3 is 0 Å². The molecule has 7 nitrogen and oxygen atoms in total. The molecule has 0 saturated carbocycles. The van der Waals surface area contributed by atoms with Crippen LogP contribution in [0, 0.1) is 0 Å². The number of amides is 1. The largest absolute Gasteiger partial charge is 0.371 e. The quantitative estimate of drug-likeness (QED) is 0.734. The van der Waals surface area contributed by atoms with E-state index in [2.05, 4.69) is 20.3 Å². The predicted octanol–water partition coefficient (Wildman–Crippen LogP) is 2.33. The average Bonchev–Trinajstić information content (AvgIpc) is 3.31. The standard InChI is InChI=1S/C20H20ClN5O2/c21-14-4-2-13(3-5-14)18-11-25-10-15(8-16(25)12-28-18)23-20(27)17-9-19-22-6-1-7-26(19)24-17/h1-7,9,15-16,18H,8,10-12H2,(H,23,27)/t15-,16+,18-/m1/s1. The molecule has 2 aliphatic rings. The average molecular weight is 398 g/mol. The fraction of sp³-hybridized carbons (Fsp3) is 0.350. The van der Waals surface area contributed by atoms with Crippen LogP contribution in [0.4, 0.5) is 0 Å². The fourth-order valence-corrected chi connectivity index (χ4v) is 4.18. The second-order valence-corrected chi connectivity index (χ2v) is 7.78. The van der Waals surface area contributed by atoms with Crippen molar-refractivity contribution in [1.82, 2.24) is 24.8 Å². The van der Waals surface area contributed by atoms with Gasteiger partial charge in [0.25, 0.3) is 5.91 Å². The fourth-order valence-electron chi connectivity index (χ4n) is 4.06. The molecule has 1 N–H and O–H groups in total. The van der Waals surface area contributed by atoms with Crippen LogP contribution in [0.3, 0.4) is 0 Å². The third-order valence-corrected chi connectivity index (χ3v) is 5.72. The molecule has 144 valence electrons. The van der Waals surface area contributed by atoms with Gasteiger partial charge in [-0.2, -0.15) is 5.10 Å². The molecule has 0 bridgehead atoms. The van der Waals surface area contributed by atoms with Gasteiger partial charge in [-0.3, -0.25) is 9.69 Å². The zero-order valence-electron chi connectivity index (χ0n) is 15.2. The first-order valence-electron chi connectivity index (χ1n) is 9.38. The second-order valence-electron chi connectivity index (χ2n) is 7.34. The van der Waals surface area contributed by atoms with Gasteiger partial charge in [-0.25, -0.2) is 9.50 Å². The molecule has 4 heterocycles. The van der Waals surface area contributed by atoms with Crippen molar-refractivity contribution in [3.8, 4) is 0 Å². The van der Waals surface area contributed by atoms with Gasteiger partial charge in [0.2, 0.25) is 0 Å². The van der Waals surface area contributed by atoms with E-state index < -0.39 is 0 Å². The molecule has 3 aromatic rings. The number of carbonyl (C=O) groups excluding carboxylic acids is 1. The summed E-state index contributed by atoms with van der Waals surface area (Å²) in [6.07, 6.45) is 4.38. The van der Waals surface area contributed by atoms with E-state index in [-0.39, 0.29) is 18.1 Å². The summed E-state index contributed by atoms with van der Waals surface area (Å²) < 4.78 is 7.68. The van der Waals surface area contributed by atoms with Gasteiger partial charge in [0.05, 0.1) is 12.7 Å². The number of benzene rings is 1. The van der Waals surface area contributed by atoms with Gasteiger partial charge < -0.3 is 10.1 Å². The normalized spacial score (nSPS) is 25.0. The monoisotopic (exact) mass is 397 g/mol. The minimum atomic E-state index is -0.162. The van der Waals surface area contributed by atoms with Gasteiger partial charge in [-0.15, -0.1) is 0 Å². The summed E-state index contributed by atoms with van der Waals surface area (Å²) in [5.74, 6) is -0.162. The van der Waals surface area contributed by atoms with Gasteiger partial charge in [0.15, 0.2) is 11.3 Å². The molecule has 2 aromatic heterocycles. The van der Waals surface area contributed by atoms with Gasteiger partial charge in [-0.1, -0.05) is 23.7 Å². The third-order valence-electron chi connectivity index (χ3n) is 5.46. The second kappa shape index (κ2) is 7.16. The highest BCUT2D eigenvalue weighted by Gasteiger charge is 2.38. The molecular weight excluding hydrogens is 378 g/mol. The van der Waals surface area contributed by atoms with Crippen LogP contribution in [0.2, 0.25) is 5.02 Å². The Morgan fingerprint density at radius 3 is 2.93 bits per heavy atom. The minimum Gasteiger partial charge on any atom is -0.371 e. The van der Waals surface area contributed by atoms with Crippen molar-refractivity contribution in [2.45, 2.75) is 24.6 Å². The molecule has 0 aliphatic carbocycles. The molecule has 2 fully saturated rings. The van der Waals surface area contributed by atoms with E-state index in [1.807, 2.05) is 24.3 Å². The number of morpholine rings is 1. The predicted molar refractivity (Wildman–Crippen MR) is 104 cm³/mol. The lowest BCUT2D eigenvalue weighted by Gasteiger charge is -2.35. The summed E-state index contributed by atoms with van der Waals surface area (Å²) in [6, 6.07) is 11.7. The number of halogens is 1. The molecule has 3 atom stereocenters. The number of aromatic nitrogens is 3. The van der Waals surface area contributed by atoms with Crippen LogP contribution < -0.4 is 5.32 Å². The van der Waals surface area contributed by atoms with Gasteiger partial charge in [0.1, 0.15) is 0 Å². The molecule has 0 unspecified atom stereocenters. The first-order valence-corrected chi connectivity index (χ1v) is 9.76. The van der Waals surface area contributed by atoms with Crippen LogP contribution in [-0.2, 0) is 4.74 Å². The summed E-state index contributed by atoms with van der Waals surface area (Å²) in [4.78, 5) is 19.2. The van der Waals surface area contributed by atoms with E-state index in [9.17, 15) is 4.79 Å². The number of hydrogen-bond acceptors (Lipinski definition) is 5. The van der Waals surface area contributed by atoms with Crippen LogP contribution in [0.25, 0.3) is 5.65 Å². The van der Waals surface area contributed by atoms with E-state index in [0.717, 1.165) is 30.1 Å². The summed E-state index contributed by atoms with van der Waals surface area (Å²) in [5.41, 5.74) is 2.18. The zero-order chi connectivity index (χ0) is 19.1. The van der Waals surface area contributed by atoms with Crippen molar-refractivity contribution in [3.05, 3.63) is 65.1 Å². The first-order chi connectivity index (χ1) is 13.7. The molecule has 1 aromatic carbocycles. The Morgan fingerprint density at radius 2 is 2.11 bits per heavy atom. The van der Waals surface area contributed by atoms with E-state index in [1.165, 1.54) is 0 Å².